The van der Waals surface area contributed by atoms with Gasteiger partial charge >= 0.3 is 5.97 Å². The van der Waals surface area contributed by atoms with Gasteiger partial charge in [0, 0.05) is 22.5 Å². The zero-order valence-corrected chi connectivity index (χ0v) is 33.0. The normalized spacial score (nSPS) is 12.1. The van der Waals surface area contributed by atoms with Crippen molar-refractivity contribution in [1.82, 2.24) is 16.3 Å². The number of aliphatic carboxylic acids is 1. The van der Waals surface area contributed by atoms with Crippen molar-refractivity contribution < 1.29 is 34.5 Å². The first kappa shape index (κ1) is 47.0. The van der Waals surface area contributed by atoms with Crippen molar-refractivity contribution in [3.8, 4) is 0 Å². The first-order chi connectivity index (χ1) is 27.1. The number of carboxylic acids is 1. The molecule has 3 amide bonds. The van der Waals surface area contributed by atoms with Gasteiger partial charge in [-0.15, -0.1) is 0 Å². The molecule has 0 unspecified atom stereocenters. The van der Waals surface area contributed by atoms with Gasteiger partial charge < -0.3 is 26.0 Å². The number of anilines is 2. The molecule has 15 nitrogen and oxygen atoms in total. The minimum Gasteiger partial charge on any atom is -0.480 e. The van der Waals surface area contributed by atoms with Crippen LogP contribution >= 0.6 is 23.2 Å². The van der Waals surface area contributed by atoms with Crippen LogP contribution in [0.2, 0.25) is 10.0 Å². The molecule has 4 atom stereocenters. The molecule has 0 aromatic heterocycles. The van der Waals surface area contributed by atoms with E-state index in [1.165, 1.54) is 19.9 Å². The highest BCUT2D eigenvalue weighted by Crippen LogP contribution is 2.35. The number of aliphatic hydroxyl groups is 2. The van der Waals surface area contributed by atoms with Gasteiger partial charge in [0.15, 0.2) is 6.04 Å². The molecule has 0 saturated carbocycles. The number of halogens is 2. The Morgan fingerprint density at radius 3 is 1.42 bits per heavy atom. The van der Waals surface area contributed by atoms with Gasteiger partial charge in [0.2, 0.25) is 11.4 Å². The van der Waals surface area contributed by atoms with E-state index in [1.807, 2.05) is 25.3 Å². The van der Waals surface area contributed by atoms with E-state index in [1.54, 1.807) is 72.8 Å². The maximum atomic E-state index is 12.5. The molecule has 57 heavy (non-hydrogen) atoms. The third kappa shape index (κ3) is 13.8. The van der Waals surface area contributed by atoms with Crippen molar-refractivity contribution >= 4 is 69.6 Å². The second kappa shape index (κ2) is 23.7. The second-order valence-electron chi connectivity index (χ2n) is 12.0. The third-order valence-corrected chi connectivity index (χ3v) is 8.87. The molecule has 10 N–H and O–H groups in total. The van der Waals surface area contributed by atoms with Crippen molar-refractivity contribution in [2.75, 3.05) is 10.6 Å². The minimum absolute atomic E-state index is 0.263. The lowest BCUT2D eigenvalue weighted by atomic mass is 10.1. The number of hydrogen-bond acceptors (Lipinski definition) is 9. The Morgan fingerprint density at radius 2 is 1.07 bits per heavy atom. The topological polar surface area (TPSA) is 224 Å². The predicted molar refractivity (Wildman–Crippen MR) is 220 cm³/mol. The van der Waals surface area contributed by atoms with Crippen molar-refractivity contribution in [2.24, 2.45) is 5.84 Å². The highest BCUT2D eigenvalue weighted by atomic mass is 35.5. The van der Waals surface area contributed by atoms with E-state index in [-0.39, 0.29) is 5.91 Å². The lowest BCUT2D eigenvalue weighted by Crippen LogP contribution is -2.52. The van der Waals surface area contributed by atoms with Gasteiger partial charge in [-0.3, -0.25) is 30.7 Å². The molecule has 0 saturated heterocycles. The third-order valence-electron chi connectivity index (χ3n) is 8.03. The quantitative estimate of drug-likeness (QED) is 0.0348. The number of nitrogens with zero attached hydrogens (tertiary/aromatic N) is 2. The van der Waals surface area contributed by atoms with E-state index in [4.69, 9.17) is 47.3 Å². The van der Waals surface area contributed by atoms with Gasteiger partial charge in [-0.1, -0.05) is 85.6 Å². The highest BCUT2D eigenvalue weighted by molar-refractivity contribution is 6.35. The van der Waals surface area contributed by atoms with Gasteiger partial charge in [-0.25, -0.2) is 20.3 Å². The predicted octanol–water partition coefficient (Wildman–Crippen LogP) is 6.06. The number of benzene rings is 4. The van der Waals surface area contributed by atoms with Gasteiger partial charge in [0.25, 0.3) is 17.7 Å². The number of carbonyl (C=O) groups excluding carboxylic acids is 3. The van der Waals surface area contributed by atoms with Crippen LogP contribution in [-0.4, -0.2) is 63.3 Å². The average molecular weight is 820 g/mol. The Balaban J connectivity index is 0.000000331. The van der Waals surface area contributed by atoms with E-state index in [2.05, 4.69) is 31.2 Å². The number of carboxylic acid groups (broad SMARTS) is 1. The van der Waals surface area contributed by atoms with Gasteiger partial charge in [-0.05, 0) is 74.2 Å². The van der Waals surface area contributed by atoms with Gasteiger partial charge in [0.05, 0.1) is 35.4 Å². The zero-order valence-electron chi connectivity index (χ0n) is 31.5. The molecule has 0 spiro atoms. The molecular weight excluding hydrogens is 775 g/mol. The monoisotopic (exact) mass is 818 g/mol. The number of carbonyl (C=O) groups is 4. The van der Waals surface area contributed by atoms with E-state index in [0.29, 0.717) is 67.9 Å². The summed E-state index contributed by atoms with van der Waals surface area (Å²) >= 11 is 12.3. The number of hydrogen-bond donors (Lipinski definition) is 9. The highest BCUT2D eigenvalue weighted by Gasteiger charge is 2.26. The van der Waals surface area contributed by atoms with Crippen molar-refractivity contribution in [3.63, 3.8) is 0 Å². The zero-order chi connectivity index (χ0) is 42.7. The number of nitrogens with two attached hydrogens (primary N) is 1. The van der Waals surface area contributed by atoms with Crippen molar-refractivity contribution in [2.45, 2.75) is 64.8 Å². The Labute approximate surface area is 340 Å². The fraction of sp³-hybridized carbons (Fsp3) is 0.250. The molecular formula is C40H44Cl2N8O7. The maximum absolute atomic E-state index is 12.5. The minimum atomic E-state index is -1.15. The molecule has 4 rings (SSSR count). The molecule has 4 aromatic carbocycles. The number of hydrazine groups is 2. The van der Waals surface area contributed by atoms with Crippen LogP contribution in [0.25, 0.3) is 9.69 Å². The van der Waals surface area contributed by atoms with Crippen LogP contribution in [0.5, 0.6) is 0 Å². The second-order valence-corrected chi connectivity index (χ2v) is 12.7. The molecule has 17 heteroatoms. The van der Waals surface area contributed by atoms with Crippen LogP contribution in [0.4, 0.5) is 22.7 Å². The summed E-state index contributed by atoms with van der Waals surface area (Å²) in [6.45, 7) is 20.7. The first-order valence-electron chi connectivity index (χ1n) is 17.4. The van der Waals surface area contributed by atoms with Crippen LogP contribution in [0.15, 0.2) is 84.9 Å². The lowest BCUT2D eigenvalue weighted by Gasteiger charge is -2.24. The van der Waals surface area contributed by atoms with E-state index >= 15 is 0 Å². The van der Waals surface area contributed by atoms with Crippen LogP contribution in [-0.2, 0) is 22.4 Å². The summed E-state index contributed by atoms with van der Waals surface area (Å²) in [5.74, 6) is 2.40. The molecule has 0 aliphatic carbocycles. The molecule has 0 bridgehead atoms. The molecule has 0 aliphatic heterocycles. The Hall–Kier alpha value is -6.20. The summed E-state index contributed by atoms with van der Waals surface area (Å²) < 4.78 is 0. The van der Waals surface area contributed by atoms with Crippen molar-refractivity contribution in [1.29, 1.82) is 0 Å². The first-order valence-corrected chi connectivity index (χ1v) is 18.1. The van der Waals surface area contributed by atoms with Crippen LogP contribution in [0.3, 0.4) is 0 Å². The molecule has 0 heterocycles. The molecule has 4 aromatic rings. The number of nitrogen functional groups attached to an aromatic ring is 1. The Kier molecular flexibility index (Phi) is 19.5. The van der Waals surface area contributed by atoms with Gasteiger partial charge in [-0.2, -0.15) is 0 Å². The largest absolute Gasteiger partial charge is 0.480 e. The van der Waals surface area contributed by atoms with Crippen LogP contribution in [0.1, 0.15) is 59.5 Å². The fourth-order valence-corrected chi connectivity index (χ4v) is 5.69. The summed E-state index contributed by atoms with van der Waals surface area (Å²) in [4.78, 5) is 53.0. The summed E-state index contributed by atoms with van der Waals surface area (Å²) in [5, 5.41) is 34.9. The van der Waals surface area contributed by atoms with Crippen LogP contribution in [0, 0.1) is 13.1 Å². The Morgan fingerprint density at radius 1 is 0.667 bits per heavy atom. The standard InChI is InChI=1S/C20H21ClN4O3.C13H15ClN2O3.C7H8N2O/c1-4-14-15(10-11-16(22-3)17(14)21)23-18(12(2)26)20(28)25-24-19(27)13-8-6-5-7-9-13;1-4-8-9(5-6-10(15-3)11(8)14)16-12(7(2)17)13(18)19;8-9-7(10)6-4-2-1-3-5-6/h5-12,18,23,26H,4H2,1-2H3,(H,24,27)(H,25,28);5-7,12,16-17H,4H2,1-2H3,(H,18,19);1-5H,8H2,(H,9,10)/t12-,18+;7-,12+;/m00./s1. The Bertz CT molecular complexity index is 2070. The van der Waals surface area contributed by atoms with Crippen LogP contribution < -0.4 is 32.8 Å². The number of aliphatic hydroxyl groups excluding tert-OH is 2. The SMILES string of the molecule is NNC(=O)c1ccccc1.[C-]#[N+]c1ccc(N[C@@H](C(=O)NNC(=O)c2ccccc2)[C@H](C)O)c(CC)c1Cl.[C-]#[N+]c1ccc(N[C@@H](C(=O)O)[C@H](C)O)c(CC)c1Cl. The summed E-state index contributed by atoms with van der Waals surface area (Å²) in [6.07, 6.45) is -1.03. The fourth-order valence-electron chi connectivity index (χ4n) is 5.01. The maximum Gasteiger partial charge on any atom is 0.328 e. The molecule has 0 fully saturated rings. The van der Waals surface area contributed by atoms with Crippen molar-refractivity contribution in [3.05, 3.63) is 140 Å². The summed E-state index contributed by atoms with van der Waals surface area (Å²) in [7, 11) is 0. The average Bonchev–Trinajstić information content (AvgIpc) is 3.21. The van der Waals surface area contributed by atoms with E-state index in [9.17, 15) is 29.4 Å². The molecule has 0 radical (unpaired) electrons. The number of amides is 3. The summed E-state index contributed by atoms with van der Waals surface area (Å²) in [6, 6.07) is 21.4. The van der Waals surface area contributed by atoms with E-state index in [0.717, 1.165) is 0 Å². The van der Waals surface area contributed by atoms with Gasteiger partial charge in [0.1, 0.15) is 6.04 Å². The summed E-state index contributed by atoms with van der Waals surface area (Å²) in [5.41, 5.74) is 10.7. The number of rotatable bonds is 12. The number of nitrogens with one attached hydrogen (secondary N) is 5. The molecule has 0 aliphatic rings. The molecule has 300 valence electrons. The van der Waals surface area contributed by atoms with E-state index < -0.39 is 42.1 Å². The smallest absolute Gasteiger partial charge is 0.328 e. The lowest BCUT2D eigenvalue weighted by molar-refractivity contribution is -0.140.